The van der Waals surface area contributed by atoms with Gasteiger partial charge >= 0.3 is 6.03 Å². The number of nitrogens with one attached hydrogen (secondary N) is 2. The second kappa shape index (κ2) is 7.49. The Labute approximate surface area is 151 Å². The lowest BCUT2D eigenvalue weighted by molar-refractivity contribution is -0.117. The number of thiophene rings is 1. The molecule has 0 aliphatic rings. The van der Waals surface area contributed by atoms with E-state index in [2.05, 4.69) is 15.6 Å². The number of carbonyl (C=O) groups is 2. The minimum Gasteiger partial charge on any atom is -0.341 e. The van der Waals surface area contributed by atoms with E-state index in [-0.39, 0.29) is 11.3 Å². The van der Waals surface area contributed by atoms with E-state index in [9.17, 15) is 14.4 Å². The lowest BCUT2D eigenvalue weighted by Gasteiger charge is -2.11. The number of amides is 3. The minimum atomic E-state index is -0.577. The lowest BCUT2D eigenvalue weighted by Crippen LogP contribution is -2.38. The second-order valence-corrected chi connectivity index (χ2v) is 6.78. The van der Waals surface area contributed by atoms with Crippen molar-refractivity contribution in [2.45, 2.75) is 5.16 Å². The highest BCUT2D eigenvalue weighted by atomic mass is 32.2. The Bertz CT molecular complexity index is 982. The highest BCUT2D eigenvalue weighted by molar-refractivity contribution is 7.99. The van der Waals surface area contributed by atoms with Gasteiger partial charge in [-0.25, -0.2) is 9.78 Å². The molecule has 0 unspecified atom stereocenters. The standard InChI is InChI=1S/C16H14N4O3S2/c1-17-15(23)19-12(21)9-25-16-18-11-7-8-24-13(11)14(22)20(16)10-5-3-2-4-6-10/h2-8H,9H2,1H3,(H2,17,19,21,23). The average Bonchev–Trinajstić information content (AvgIpc) is 3.09. The summed E-state index contributed by atoms with van der Waals surface area (Å²) in [5, 5.41) is 6.70. The molecule has 0 bridgehead atoms. The van der Waals surface area contributed by atoms with Gasteiger partial charge in [0.05, 0.1) is 17.0 Å². The van der Waals surface area contributed by atoms with Gasteiger partial charge in [0.25, 0.3) is 5.56 Å². The summed E-state index contributed by atoms with van der Waals surface area (Å²) in [7, 11) is 1.43. The van der Waals surface area contributed by atoms with E-state index in [1.807, 2.05) is 18.2 Å². The van der Waals surface area contributed by atoms with Crippen LogP contribution >= 0.6 is 23.1 Å². The first-order valence-electron chi connectivity index (χ1n) is 7.30. The molecule has 3 aromatic rings. The molecule has 0 spiro atoms. The minimum absolute atomic E-state index is 0.0393. The number of aromatic nitrogens is 2. The third-order valence-electron chi connectivity index (χ3n) is 3.28. The monoisotopic (exact) mass is 374 g/mol. The van der Waals surface area contributed by atoms with Crippen molar-refractivity contribution in [2.24, 2.45) is 0 Å². The zero-order valence-corrected chi connectivity index (χ0v) is 14.8. The maximum Gasteiger partial charge on any atom is 0.321 e. The van der Waals surface area contributed by atoms with Gasteiger partial charge in [0.1, 0.15) is 4.70 Å². The number of para-hydroxylation sites is 1. The first-order chi connectivity index (χ1) is 12.1. The van der Waals surface area contributed by atoms with Crippen LogP contribution in [0.15, 0.2) is 51.7 Å². The molecule has 1 aromatic carbocycles. The molecule has 0 saturated carbocycles. The Morgan fingerprint density at radius 1 is 1.24 bits per heavy atom. The fourth-order valence-electron chi connectivity index (χ4n) is 2.15. The number of carbonyl (C=O) groups excluding carboxylic acids is 2. The smallest absolute Gasteiger partial charge is 0.321 e. The first kappa shape index (κ1) is 17.2. The molecule has 0 aliphatic carbocycles. The van der Waals surface area contributed by atoms with Crippen molar-refractivity contribution in [3.63, 3.8) is 0 Å². The van der Waals surface area contributed by atoms with Crippen LogP contribution < -0.4 is 16.2 Å². The van der Waals surface area contributed by atoms with Crippen molar-refractivity contribution in [1.82, 2.24) is 20.2 Å². The highest BCUT2D eigenvalue weighted by Gasteiger charge is 2.16. The van der Waals surface area contributed by atoms with Gasteiger partial charge in [-0.15, -0.1) is 11.3 Å². The average molecular weight is 374 g/mol. The molecule has 3 rings (SSSR count). The quantitative estimate of drug-likeness (QED) is 0.538. The summed E-state index contributed by atoms with van der Waals surface area (Å²) in [6.07, 6.45) is 0. The van der Waals surface area contributed by atoms with Gasteiger partial charge in [-0.1, -0.05) is 30.0 Å². The molecule has 3 amide bonds. The SMILES string of the molecule is CNC(=O)NC(=O)CSc1nc2ccsc2c(=O)n1-c1ccccc1. The summed E-state index contributed by atoms with van der Waals surface area (Å²) in [6, 6.07) is 10.3. The molecule has 0 saturated heterocycles. The summed E-state index contributed by atoms with van der Waals surface area (Å²) in [5.74, 6) is -0.508. The van der Waals surface area contributed by atoms with E-state index in [1.54, 1.807) is 23.6 Å². The maximum atomic E-state index is 12.8. The molecule has 0 atom stereocenters. The van der Waals surface area contributed by atoms with Crippen LogP contribution in [0.1, 0.15) is 0 Å². The Balaban J connectivity index is 1.97. The van der Waals surface area contributed by atoms with Crippen molar-refractivity contribution in [3.8, 4) is 5.69 Å². The number of fused-ring (bicyclic) bond motifs is 1. The van der Waals surface area contributed by atoms with Gasteiger partial charge in [-0.2, -0.15) is 0 Å². The normalized spacial score (nSPS) is 10.6. The topological polar surface area (TPSA) is 93.1 Å². The molecular formula is C16H14N4O3S2. The van der Waals surface area contributed by atoms with E-state index < -0.39 is 11.9 Å². The summed E-state index contributed by atoms with van der Waals surface area (Å²) >= 11 is 2.43. The molecule has 25 heavy (non-hydrogen) atoms. The van der Waals surface area contributed by atoms with Crippen LogP contribution in [0, 0.1) is 0 Å². The van der Waals surface area contributed by atoms with E-state index in [4.69, 9.17) is 0 Å². The van der Waals surface area contributed by atoms with Crippen molar-refractivity contribution in [3.05, 3.63) is 52.1 Å². The zero-order valence-electron chi connectivity index (χ0n) is 13.2. The Morgan fingerprint density at radius 2 is 2.00 bits per heavy atom. The van der Waals surface area contributed by atoms with Gasteiger partial charge in [0.2, 0.25) is 5.91 Å². The third-order valence-corrected chi connectivity index (χ3v) is 5.11. The summed E-state index contributed by atoms with van der Waals surface area (Å²) in [5.41, 5.74) is 1.08. The fourth-order valence-corrected chi connectivity index (χ4v) is 3.72. The predicted octanol–water partition coefficient (Wildman–Crippen LogP) is 1.99. The van der Waals surface area contributed by atoms with E-state index in [1.165, 1.54) is 23.0 Å². The molecular weight excluding hydrogens is 360 g/mol. The Kier molecular flexibility index (Phi) is 5.15. The van der Waals surface area contributed by atoms with Gasteiger partial charge < -0.3 is 5.32 Å². The number of hydrogen-bond acceptors (Lipinski definition) is 6. The fraction of sp³-hybridized carbons (Fsp3) is 0.125. The van der Waals surface area contributed by atoms with Gasteiger partial charge in [-0.3, -0.25) is 19.5 Å². The van der Waals surface area contributed by atoms with Crippen LogP contribution in [0.3, 0.4) is 0 Å². The van der Waals surface area contributed by atoms with Crippen LogP contribution in [0.4, 0.5) is 4.79 Å². The van der Waals surface area contributed by atoms with Crippen LogP contribution in [-0.2, 0) is 4.79 Å². The van der Waals surface area contributed by atoms with Crippen molar-refractivity contribution in [2.75, 3.05) is 12.8 Å². The van der Waals surface area contributed by atoms with Crippen LogP contribution in [0.2, 0.25) is 0 Å². The summed E-state index contributed by atoms with van der Waals surface area (Å²) in [4.78, 5) is 40.4. The predicted molar refractivity (Wildman–Crippen MR) is 98.5 cm³/mol. The number of benzene rings is 1. The largest absolute Gasteiger partial charge is 0.341 e. The van der Waals surface area contributed by atoms with Crippen LogP contribution in [0.25, 0.3) is 15.9 Å². The van der Waals surface area contributed by atoms with E-state index >= 15 is 0 Å². The molecule has 7 nitrogen and oxygen atoms in total. The molecule has 2 N–H and O–H groups in total. The zero-order chi connectivity index (χ0) is 17.8. The summed E-state index contributed by atoms with van der Waals surface area (Å²) in [6.45, 7) is 0. The number of rotatable bonds is 4. The van der Waals surface area contributed by atoms with Crippen molar-refractivity contribution in [1.29, 1.82) is 0 Å². The Morgan fingerprint density at radius 3 is 2.72 bits per heavy atom. The molecule has 9 heteroatoms. The first-order valence-corrected chi connectivity index (χ1v) is 9.16. The number of urea groups is 1. The molecule has 0 aliphatic heterocycles. The molecule has 128 valence electrons. The third kappa shape index (κ3) is 3.72. The number of nitrogens with zero attached hydrogens (tertiary/aromatic N) is 2. The highest BCUT2D eigenvalue weighted by Crippen LogP contribution is 2.23. The lowest BCUT2D eigenvalue weighted by atomic mass is 10.3. The van der Waals surface area contributed by atoms with Crippen molar-refractivity contribution < 1.29 is 9.59 Å². The van der Waals surface area contributed by atoms with Crippen LogP contribution in [0.5, 0.6) is 0 Å². The molecule has 2 heterocycles. The second-order valence-electron chi connectivity index (χ2n) is 4.92. The summed E-state index contributed by atoms with van der Waals surface area (Å²) < 4.78 is 2.04. The molecule has 2 aromatic heterocycles. The van der Waals surface area contributed by atoms with Gasteiger partial charge in [-0.05, 0) is 23.6 Å². The maximum absolute atomic E-state index is 12.8. The van der Waals surface area contributed by atoms with Gasteiger partial charge in [0, 0.05) is 7.05 Å². The van der Waals surface area contributed by atoms with Gasteiger partial charge in [0.15, 0.2) is 5.16 Å². The Hall–Kier alpha value is -2.65. The van der Waals surface area contributed by atoms with E-state index in [0.717, 1.165) is 11.8 Å². The van der Waals surface area contributed by atoms with E-state index in [0.29, 0.717) is 21.1 Å². The molecule has 0 fully saturated rings. The number of hydrogen-bond donors (Lipinski definition) is 2. The van der Waals surface area contributed by atoms with Crippen molar-refractivity contribution >= 4 is 45.3 Å². The number of thioether (sulfide) groups is 1. The number of imide groups is 1. The van der Waals surface area contributed by atoms with Crippen LogP contribution in [-0.4, -0.2) is 34.3 Å². The molecule has 0 radical (unpaired) electrons.